The summed E-state index contributed by atoms with van der Waals surface area (Å²) in [5, 5.41) is 3.17. The summed E-state index contributed by atoms with van der Waals surface area (Å²) < 4.78 is 13.0. The summed E-state index contributed by atoms with van der Waals surface area (Å²) in [6.07, 6.45) is 2.75. The van der Waals surface area contributed by atoms with Crippen molar-refractivity contribution in [3.05, 3.63) is 42.3 Å². The zero-order chi connectivity index (χ0) is 14.4. The number of anilines is 3. The minimum absolute atomic E-state index is 0.238. The minimum atomic E-state index is -0.238. The number of benzene rings is 1. The van der Waals surface area contributed by atoms with Crippen LogP contribution in [0.1, 0.15) is 20.3 Å². The highest BCUT2D eigenvalue weighted by atomic mass is 19.1. The van der Waals surface area contributed by atoms with Crippen LogP contribution in [0, 0.1) is 5.82 Å². The van der Waals surface area contributed by atoms with Crippen LogP contribution in [-0.4, -0.2) is 23.1 Å². The van der Waals surface area contributed by atoms with Crippen LogP contribution in [0.4, 0.5) is 21.8 Å². The van der Waals surface area contributed by atoms with Crippen LogP contribution in [-0.2, 0) is 0 Å². The standard InChI is InChI=1S/C15H19FN4/c1-3-10-17-15-18-11-9-14(19-15)20(4-2)13-7-5-12(16)6-8-13/h5-9,11H,3-4,10H2,1-2H3,(H,17,18,19). The first kappa shape index (κ1) is 14.2. The lowest BCUT2D eigenvalue weighted by Gasteiger charge is -2.22. The number of nitrogens with one attached hydrogen (secondary N) is 1. The van der Waals surface area contributed by atoms with E-state index in [-0.39, 0.29) is 5.82 Å². The predicted octanol–water partition coefficient (Wildman–Crippen LogP) is 3.60. The van der Waals surface area contributed by atoms with Crippen molar-refractivity contribution in [3.63, 3.8) is 0 Å². The first-order valence-electron chi connectivity index (χ1n) is 6.84. The number of hydrogen-bond donors (Lipinski definition) is 1. The molecule has 0 fully saturated rings. The zero-order valence-corrected chi connectivity index (χ0v) is 11.8. The normalized spacial score (nSPS) is 10.3. The molecule has 1 aromatic heterocycles. The highest BCUT2D eigenvalue weighted by Gasteiger charge is 2.09. The molecule has 0 atom stereocenters. The van der Waals surface area contributed by atoms with E-state index in [4.69, 9.17) is 0 Å². The zero-order valence-electron chi connectivity index (χ0n) is 11.8. The average molecular weight is 274 g/mol. The number of nitrogens with zero attached hydrogens (tertiary/aromatic N) is 3. The molecule has 0 bridgehead atoms. The van der Waals surface area contributed by atoms with Crippen molar-refractivity contribution in [2.75, 3.05) is 23.3 Å². The third-order valence-electron chi connectivity index (χ3n) is 2.91. The third kappa shape index (κ3) is 3.44. The highest BCUT2D eigenvalue weighted by molar-refractivity contribution is 5.60. The minimum Gasteiger partial charge on any atom is -0.354 e. The van der Waals surface area contributed by atoms with E-state index in [1.54, 1.807) is 18.3 Å². The lowest BCUT2D eigenvalue weighted by Crippen LogP contribution is -2.18. The summed E-state index contributed by atoms with van der Waals surface area (Å²) in [5.74, 6) is 1.18. The van der Waals surface area contributed by atoms with Gasteiger partial charge in [-0.2, -0.15) is 4.98 Å². The molecular formula is C15H19FN4. The second-order valence-corrected chi connectivity index (χ2v) is 4.39. The topological polar surface area (TPSA) is 41.1 Å². The Labute approximate surface area is 118 Å². The molecule has 4 nitrogen and oxygen atoms in total. The molecule has 5 heteroatoms. The van der Waals surface area contributed by atoms with Crippen molar-refractivity contribution >= 4 is 17.5 Å². The summed E-state index contributed by atoms with van der Waals surface area (Å²) in [5.41, 5.74) is 0.911. The van der Waals surface area contributed by atoms with Gasteiger partial charge in [0.25, 0.3) is 0 Å². The van der Waals surface area contributed by atoms with Gasteiger partial charge < -0.3 is 10.2 Å². The molecule has 1 aromatic carbocycles. The van der Waals surface area contributed by atoms with Gasteiger partial charge in [0, 0.05) is 25.0 Å². The van der Waals surface area contributed by atoms with E-state index >= 15 is 0 Å². The Balaban J connectivity index is 2.24. The van der Waals surface area contributed by atoms with E-state index in [1.165, 1.54) is 12.1 Å². The van der Waals surface area contributed by atoms with Gasteiger partial charge in [0.2, 0.25) is 5.95 Å². The molecule has 0 unspecified atom stereocenters. The smallest absolute Gasteiger partial charge is 0.224 e. The molecule has 1 heterocycles. The van der Waals surface area contributed by atoms with Gasteiger partial charge >= 0.3 is 0 Å². The Morgan fingerprint density at radius 2 is 1.90 bits per heavy atom. The Hall–Kier alpha value is -2.17. The summed E-state index contributed by atoms with van der Waals surface area (Å²) >= 11 is 0. The molecular weight excluding hydrogens is 255 g/mol. The van der Waals surface area contributed by atoms with Gasteiger partial charge in [-0.05, 0) is 43.7 Å². The molecule has 0 aliphatic carbocycles. The maximum Gasteiger partial charge on any atom is 0.224 e. The van der Waals surface area contributed by atoms with Crippen molar-refractivity contribution in [3.8, 4) is 0 Å². The molecule has 0 aliphatic rings. The van der Waals surface area contributed by atoms with E-state index in [1.807, 2.05) is 17.9 Å². The van der Waals surface area contributed by atoms with Gasteiger partial charge in [-0.15, -0.1) is 0 Å². The van der Waals surface area contributed by atoms with Gasteiger partial charge in [-0.25, -0.2) is 9.37 Å². The molecule has 0 saturated carbocycles. The van der Waals surface area contributed by atoms with Crippen LogP contribution in [0.3, 0.4) is 0 Å². The molecule has 0 saturated heterocycles. The molecule has 0 spiro atoms. The highest BCUT2D eigenvalue weighted by Crippen LogP contribution is 2.23. The molecule has 0 radical (unpaired) electrons. The summed E-state index contributed by atoms with van der Waals surface area (Å²) in [6.45, 7) is 5.71. The first-order chi connectivity index (χ1) is 9.74. The number of rotatable bonds is 6. The second kappa shape index (κ2) is 6.84. The average Bonchev–Trinajstić information content (AvgIpc) is 2.48. The summed E-state index contributed by atoms with van der Waals surface area (Å²) in [6, 6.07) is 8.26. The fourth-order valence-corrected chi connectivity index (χ4v) is 1.92. The Morgan fingerprint density at radius 3 is 2.55 bits per heavy atom. The Bertz CT molecular complexity index is 542. The molecule has 106 valence electrons. The maximum atomic E-state index is 13.0. The van der Waals surface area contributed by atoms with Crippen LogP contribution < -0.4 is 10.2 Å². The monoisotopic (exact) mass is 274 g/mol. The van der Waals surface area contributed by atoms with Gasteiger partial charge in [0.15, 0.2) is 0 Å². The molecule has 2 aromatic rings. The maximum absolute atomic E-state index is 13.0. The van der Waals surface area contributed by atoms with E-state index < -0.39 is 0 Å². The van der Waals surface area contributed by atoms with Gasteiger partial charge in [-0.1, -0.05) is 6.92 Å². The second-order valence-electron chi connectivity index (χ2n) is 4.39. The molecule has 2 rings (SSSR count). The largest absolute Gasteiger partial charge is 0.354 e. The fraction of sp³-hybridized carbons (Fsp3) is 0.333. The van der Waals surface area contributed by atoms with Crippen LogP contribution in [0.25, 0.3) is 0 Å². The SMILES string of the molecule is CCCNc1nccc(N(CC)c2ccc(F)cc2)n1. The fourth-order valence-electron chi connectivity index (χ4n) is 1.92. The molecule has 1 N–H and O–H groups in total. The molecule has 0 amide bonds. The van der Waals surface area contributed by atoms with E-state index in [9.17, 15) is 4.39 Å². The van der Waals surface area contributed by atoms with E-state index in [0.717, 1.165) is 31.0 Å². The van der Waals surface area contributed by atoms with Gasteiger partial charge in [0.05, 0.1) is 0 Å². The third-order valence-corrected chi connectivity index (χ3v) is 2.91. The quantitative estimate of drug-likeness (QED) is 0.874. The van der Waals surface area contributed by atoms with Crippen molar-refractivity contribution in [2.24, 2.45) is 0 Å². The van der Waals surface area contributed by atoms with Crippen molar-refractivity contribution in [1.82, 2.24) is 9.97 Å². The van der Waals surface area contributed by atoms with Crippen LogP contribution in [0.5, 0.6) is 0 Å². The first-order valence-corrected chi connectivity index (χ1v) is 6.84. The lowest BCUT2D eigenvalue weighted by atomic mass is 10.2. The van der Waals surface area contributed by atoms with E-state index in [0.29, 0.717) is 5.95 Å². The number of aromatic nitrogens is 2. The van der Waals surface area contributed by atoms with Crippen LogP contribution in [0.2, 0.25) is 0 Å². The van der Waals surface area contributed by atoms with Crippen LogP contribution in [0.15, 0.2) is 36.5 Å². The van der Waals surface area contributed by atoms with Crippen molar-refractivity contribution in [2.45, 2.75) is 20.3 Å². The summed E-state index contributed by atoms with van der Waals surface area (Å²) in [7, 11) is 0. The van der Waals surface area contributed by atoms with Crippen molar-refractivity contribution < 1.29 is 4.39 Å². The van der Waals surface area contributed by atoms with Crippen LogP contribution >= 0.6 is 0 Å². The summed E-state index contributed by atoms with van der Waals surface area (Å²) in [4.78, 5) is 10.7. The van der Waals surface area contributed by atoms with Gasteiger partial charge in [-0.3, -0.25) is 0 Å². The van der Waals surface area contributed by atoms with Gasteiger partial charge in [0.1, 0.15) is 11.6 Å². The number of halogens is 1. The Morgan fingerprint density at radius 1 is 1.15 bits per heavy atom. The van der Waals surface area contributed by atoms with E-state index in [2.05, 4.69) is 22.2 Å². The molecule has 20 heavy (non-hydrogen) atoms. The molecule has 0 aliphatic heterocycles. The lowest BCUT2D eigenvalue weighted by molar-refractivity contribution is 0.628. The Kier molecular flexibility index (Phi) is 4.87. The van der Waals surface area contributed by atoms with Crippen molar-refractivity contribution in [1.29, 1.82) is 0 Å². The number of hydrogen-bond acceptors (Lipinski definition) is 4. The predicted molar refractivity (Wildman–Crippen MR) is 79.9 cm³/mol.